The van der Waals surface area contributed by atoms with Crippen LogP contribution in [0.25, 0.3) is 0 Å². The lowest BCUT2D eigenvalue weighted by Crippen LogP contribution is -2.30. The molecule has 3 nitrogen and oxygen atoms in total. The first kappa shape index (κ1) is 11.7. The molecule has 0 fully saturated rings. The highest BCUT2D eigenvalue weighted by atomic mass is 32.2. The molecule has 0 saturated carbocycles. The summed E-state index contributed by atoms with van der Waals surface area (Å²) in [4.78, 5) is 0. The largest absolute Gasteiger partial charge is 0.401 e. The first-order valence-electron chi connectivity index (χ1n) is 3.74. The molecular weight excluding hydrogens is 235 g/mol. The standard InChI is InChI=1S/C6H8F3N3S2/c7-6(8,9)3-10-1-2-13-5-12-11-4-14-5/h4,10H,1-3H2. The highest BCUT2D eigenvalue weighted by Crippen LogP contribution is 2.18. The van der Waals surface area contributed by atoms with Crippen LogP contribution in [0.4, 0.5) is 13.2 Å². The van der Waals surface area contributed by atoms with Crippen molar-refractivity contribution in [2.75, 3.05) is 18.8 Å². The Morgan fingerprint density at radius 3 is 2.86 bits per heavy atom. The number of rotatable bonds is 5. The maximum absolute atomic E-state index is 11.7. The topological polar surface area (TPSA) is 37.8 Å². The molecule has 14 heavy (non-hydrogen) atoms. The van der Waals surface area contributed by atoms with E-state index in [9.17, 15) is 13.2 Å². The Morgan fingerprint density at radius 1 is 1.50 bits per heavy atom. The Bertz CT molecular complexity index is 249. The van der Waals surface area contributed by atoms with Gasteiger partial charge in [-0.15, -0.1) is 10.2 Å². The smallest absolute Gasteiger partial charge is 0.308 e. The number of hydrogen-bond donors (Lipinski definition) is 1. The summed E-state index contributed by atoms with van der Waals surface area (Å²) in [6, 6.07) is 0. The number of nitrogens with zero attached hydrogens (tertiary/aromatic N) is 2. The van der Waals surface area contributed by atoms with Gasteiger partial charge in [0, 0.05) is 12.3 Å². The first-order valence-corrected chi connectivity index (χ1v) is 5.61. The lowest BCUT2D eigenvalue weighted by atomic mass is 10.6. The van der Waals surface area contributed by atoms with Crippen molar-refractivity contribution in [1.82, 2.24) is 15.5 Å². The Labute approximate surface area is 87.1 Å². The second-order valence-corrected chi connectivity index (χ2v) is 4.52. The van der Waals surface area contributed by atoms with E-state index in [1.165, 1.54) is 23.1 Å². The van der Waals surface area contributed by atoms with Gasteiger partial charge in [0.25, 0.3) is 0 Å². The molecule has 0 saturated heterocycles. The summed E-state index contributed by atoms with van der Waals surface area (Å²) in [7, 11) is 0. The molecule has 0 spiro atoms. The van der Waals surface area contributed by atoms with Gasteiger partial charge in [-0.2, -0.15) is 13.2 Å². The SMILES string of the molecule is FC(F)(F)CNCCSc1nncs1. The molecule has 80 valence electrons. The lowest BCUT2D eigenvalue weighted by Gasteiger charge is -2.06. The van der Waals surface area contributed by atoms with Crippen molar-refractivity contribution < 1.29 is 13.2 Å². The van der Waals surface area contributed by atoms with Crippen LogP contribution in [0.1, 0.15) is 0 Å². The molecule has 1 heterocycles. The molecule has 1 aromatic heterocycles. The van der Waals surface area contributed by atoms with E-state index in [-0.39, 0.29) is 0 Å². The quantitative estimate of drug-likeness (QED) is 0.632. The molecule has 1 rings (SSSR count). The van der Waals surface area contributed by atoms with Gasteiger partial charge in [-0.05, 0) is 0 Å². The highest BCUT2D eigenvalue weighted by molar-refractivity contribution is 8.01. The normalized spacial score (nSPS) is 11.9. The fourth-order valence-corrected chi connectivity index (χ4v) is 2.12. The number of thioether (sulfide) groups is 1. The van der Waals surface area contributed by atoms with Crippen LogP contribution >= 0.6 is 23.1 Å². The second kappa shape index (κ2) is 5.52. The molecule has 0 radical (unpaired) electrons. The van der Waals surface area contributed by atoms with Crippen LogP contribution in [0.2, 0.25) is 0 Å². The minimum atomic E-state index is -4.13. The zero-order valence-electron chi connectivity index (χ0n) is 7.04. The molecule has 0 aliphatic carbocycles. The molecule has 1 N–H and O–H groups in total. The third-order valence-corrected chi connectivity index (χ3v) is 3.03. The summed E-state index contributed by atoms with van der Waals surface area (Å²) in [6.07, 6.45) is -4.13. The Morgan fingerprint density at radius 2 is 2.29 bits per heavy atom. The van der Waals surface area contributed by atoms with Gasteiger partial charge in [-0.1, -0.05) is 23.1 Å². The second-order valence-electron chi connectivity index (χ2n) is 2.35. The van der Waals surface area contributed by atoms with E-state index >= 15 is 0 Å². The average Bonchev–Trinajstić information content (AvgIpc) is 2.54. The fourth-order valence-electron chi connectivity index (χ4n) is 0.666. The molecule has 0 bridgehead atoms. The molecule has 0 atom stereocenters. The summed E-state index contributed by atoms with van der Waals surface area (Å²) in [6.45, 7) is -0.632. The van der Waals surface area contributed by atoms with Gasteiger partial charge in [0.1, 0.15) is 5.51 Å². The van der Waals surface area contributed by atoms with Gasteiger partial charge in [0.05, 0.1) is 6.54 Å². The molecule has 1 aromatic rings. The molecular formula is C6H8F3N3S2. The summed E-state index contributed by atoms with van der Waals surface area (Å²) in [5.41, 5.74) is 1.59. The van der Waals surface area contributed by atoms with E-state index in [4.69, 9.17) is 0 Å². The Balaban J connectivity index is 2.00. The van der Waals surface area contributed by atoms with Crippen LogP contribution in [0, 0.1) is 0 Å². The number of aromatic nitrogens is 2. The Kier molecular flexibility index (Phi) is 4.63. The summed E-state index contributed by atoms with van der Waals surface area (Å²) in [5.74, 6) is 0.561. The van der Waals surface area contributed by atoms with Crippen LogP contribution < -0.4 is 5.32 Å². The first-order chi connectivity index (χ1) is 6.58. The van der Waals surface area contributed by atoms with Crippen LogP contribution in [0.15, 0.2) is 9.85 Å². The minimum Gasteiger partial charge on any atom is -0.308 e. The van der Waals surface area contributed by atoms with Crippen LogP contribution in [-0.2, 0) is 0 Å². The fraction of sp³-hybridized carbons (Fsp3) is 0.667. The zero-order chi connectivity index (χ0) is 10.4. The van der Waals surface area contributed by atoms with Gasteiger partial charge in [0.15, 0.2) is 4.34 Å². The zero-order valence-corrected chi connectivity index (χ0v) is 8.68. The van der Waals surface area contributed by atoms with Gasteiger partial charge in [0.2, 0.25) is 0 Å². The van der Waals surface area contributed by atoms with Gasteiger partial charge >= 0.3 is 6.18 Å². The summed E-state index contributed by atoms with van der Waals surface area (Å²) < 4.78 is 35.8. The monoisotopic (exact) mass is 243 g/mol. The van der Waals surface area contributed by atoms with Crippen molar-refractivity contribution in [3.05, 3.63) is 5.51 Å². The van der Waals surface area contributed by atoms with Gasteiger partial charge in [-0.3, -0.25) is 0 Å². The third kappa shape index (κ3) is 5.40. The van der Waals surface area contributed by atoms with Crippen molar-refractivity contribution in [3.8, 4) is 0 Å². The van der Waals surface area contributed by atoms with E-state index in [1.54, 1.807) is 5.51 Å². The Hall–Kier alpha value is -0.340. The van der Waals surface area contributed by atoms with E-state index in [1.807, 2.05) is 0 Å². The molecule has 0 aliphatic rings. The van der Waals surface area contributed by atoms with Crippen LogP contribution in [0.5, 0.6) is 0 Å². The predicted molar refractivity (Wildman–Crippen MR) is 49.6 cm³/mol. The van der Waals surface area contributed by atoms with Crippen molar-refractivity contribution in [2.24, 2.45) is 0 Å². The van der Waals surface area contributed by atoms with E-state index in [2.05, 4.69) is 15.5 Å². The van der Waals surface area contributed by atoms with E-state index < -0.39 is 12.7 Å². The number of hydrogen-bond acceptors (Lipinski definition) is 5. The molecule has 0 unspecified atom stereocenters. The molecule has 0 aromatic carbocycles. The van der Waals surface area contributed by atoms with Gasteiger partial charge in [-0.25, -0.2) is 0 Å². The summed E-state index contributed by atoms with van der Waals surface area (Å²) in [5, 5.41) is 9.65. The van der Waals surface area contributed by atoms with Crippen LogP contribution in [0.3, 0.4) is 0 Å². The maximum Gasteiger partial charge on any atom is 0.401 e. The number of alkyl halides is 3. The third-order valence-electron chi connectivity index (χ3n) is 1.17. The van der Waals surface area contributed by atoms with Crippen molar-refractivity contribution in [2.45, 2.75) is 10.5 Å². The van der Waals surface area contributed by atoms with Crippen LogP contribution in [-0.4, -0.2) is 35.2 Å². The highest BCUT2D eigenvalue weighted by Gasteiger charge is 2.25. The number of halogens is 3. The summed E-state index contributed by atoms with van der Waals surface area (Å²) >= 11 is 2.77. The maximum atomic E-state index is 11.7. The molecule has 0 amide bonds. The number of nitrogens with one attached hydrogen (secondary N) is 1. The molecule has 0 aliphatic heterocycles. The van der Waals surface area contributed by atoms with E-state index in [0.29, 0.717) is 12.3 Å². The molecule has 8 heteroatoms. The van der Waals surface area contributed by atoms with Crippen molar-refractivity contribution >= 4 is 23.1 Å². The average molecular weight is 243 g/mol. The van der Waals surface area contributed by atoms with Gasteiger partial charge < -0.3 is 5.32 Å². The van der Waals surface area contributed by atoms with Crippen molar-refractivity contribution in [3.63, 3.8) is 0 Å². The van der Waals surface area contributed by atoms with Crippen molar-refractivity contribution in [1.29, 1.82) is 0 Å². The minimum absolute atomic E-state index is 0.309. The lowest BCUT2D eigenvalue weighted by molar-refractivity contribution is -0.124. The van der Waals surface area contributed by atoms with E-state index in [0.717, 1.165) is 4.34 Å². The predicted octanol–water partition coefficient (Wildman–Crippen LogP) is 1.78.